The van der Waals surface area contributed by atoms with Gasteiger partial charge in [0.2, 0.25) is 10.0 Å². The molecule has 0 unspecified atom stereocenters. The first-order valence-electron chi connectivity index (χ1n) is 7.08. The van der Waals surface area contributed by atoms with E-state index in [1.165, 1.54) is 11.3 Å². The molecule has 1 aliphatic rings. The average Bonchev–Trinajstić information content (AvgIpc) is 3.10. The minimum atomic E-state index is -3.47. The second kappa shape index (κ2) is 6.82. The Kier molecular flexibility index (Phi) is 4.82. The highest BCUT2D eigenvalue weighted by atomic mass is 32.2. The van der Waals surface area contributed by atoms with Gasteiger partial charge in [0, 0.05) is 18.7 Å². The molecule has 3 rings (SSSR count). The number of nitrogens with one attached hydrogen (secondary N) is 1. The lowest BCUT2D eigenvalue weighted by atomic mass is 10.0. The van der Waals surface area contributed by atoms with Crippen molar-refractivity contribution in [1.29, 1.82) is 0 Å². The molecule has 0 aromatic carbocycles. The summed E-state index contributed by atoms with van der Waals surface area (Å²) < 4.78 is 32.5. The van der Waals surface area contributed by atoms with Gasteiger partial charge in [-0.1, -0.05) is 6.07 Å². The van der Waals surface area contributed by atoms with Gasteiger partial charge in [0.1, 0.15) is 10.0 Å². The van der Waals surface area contributed by atoms with Crippen LogP contribution in [0.2, 0.25) is 0 Å². The number of thiophene rings is 1. The van der Waals surface area contributed by atoms with E-state index < -0.39 is 10.0 Å². The number of nitrogens with zero attached hydrogens (tertiary/aromatic N) is 2. The lowest BCUT2D eigenvalue weighted by molar-refractivity contribution is 0.0780. The molecule has 1 atom stereocenters. The molecule has 2 aromatic heterocycles. The fourth-order valence-electron chi connectivity index (χ4n) is 2.31. The highest BCUT2D eigenvalue weighted by Gasteiger charge is 2.19. The molecular formula is C14H17N3O3S2. The fourth-order valence-corrected chi connectivity index (χ4v) is 4.35. The number of hydrogen-bond donors (Lipinski definition) is 1. The molecule has 0 saturated carbocycles. The van der Waals surface area contributed by atoms with E-state index in [0.29, 0.717) is 16.5 Å². The zero-order chi connectivity index (χ0) is 15.4. The van der Waals surface area contributed by atoms with Crippen molar-refractivity contribution in [2.75, 3.05) is 13.2 Å². The van der Waals surface area contributed by atoms with Gasteiger partial charge in [0.25, 0.3) is 0 Å². The molecule has 0 bridgehead atoms. The maximum Gasteiger partial charge on any atom is 0.250 e. The van der Waals surface area contributed by atoms with Crippen molar-refractivity contribution in [3.8, 4) is 0 Å². The summed E-state index contributed by atoms with van der Waals surface area (Å²) in [6.07, 6.45) is 3.68. The molecule has 22 heavy (non-hydrogen) atoms. The van der Waals surface area contributed by atoms with Crippen LogP contribution in [0.3, 0.4) is 0 Å². The van der Waals surface area contributed by atoms with E-state index in [4.69, 9.17) is 4.74 Å². The molecule has 0 spiro atoms. The topological polar surface area (TPSA) is 81.2 Å². The van der Waals surface area contributed by atoms with E-state index >= 15 is 0 Å². The Bertz CT molecular complexity index is 711. The monoisotopic (exact) mass is 339 g/mol. The molecule has 1 saturated heterocycles. The van der Waals surface area contributed by atoms with Crippen LogP contribution in [-0.2, 0) is 21.3 Å². The molecule has 0 radical (unpaired) electrons. The van der Waals surface area contributed by atoms with E-state index in [1.807, 2.05) is 0 Å². The maximum absolute atomic E-state index is 12.1. The van der Waals surface area contributed by atoms with Crippen molar-refractivity contribution >= 4 is 21.4 Å². The molecule has 1 fully saturated rings. The second-order valence-corrected chi connectivity index (χ2v) is 8.02. The van der Waals surface area contributed by atoms with Crippen LogP contribution >= 0.6 is 11.3 Å². The van der Waals surface area contributed by atoms with Crippen molar-refractivity contribution in [2.45, 2.75) is 29.5 Å². The molecule has 6 nitrogen and oxygen atoms in total. The van der Waals surface area contributed by atoms with Crippen LogP contribution in [0.15, 0.2) is 34.0 Å². The van der Waals surface area contributed by atoms with Gasteiger partial charge in [-0.2, -0.15) is 0 Å². The van der Waals surface area contributed by atoms with Gasteiger partial charge in [-0.25, -0.2) is 23.1 Å². The zero-order valence-electron chi connectivity index (χ0n) is 11.9. The quantitative estimate of drug-likeness (QED) is 0.900. The first kappa shape index (κ1) is 15.5. The van der Waals surface area contributed by atoms with E-state index in [0.717, 1.165) is 25.3 Å². The number of rotatable bonds is 5. The van der Waals surface area contributed by atoms with E-state index in [-0.39, 0.29) is 12.5 Å². The summed E-state index contributed by atoms with van der Waals surface area (Å²) in [6, 6.07) is 5.02. The third-order valence-electron chi connectivity index (χ3n) is 3.46. The Morgan fingerprint density at radius 2 is 2.32 bits per heavy atom. The first-order chi connectivity index (χ1) is 10.6. The number of hydrogen-bond acceptors (Lipinski definition) is 6. The Hall–Kier alpha value is -1.35. The first-order valence-corrected chi connectivity index (χ1v) is 9.44. The van der Waals surface area contributed by atoms with Gasteiger partial charge < -0.3 is 4.74 Å². The van der Waals surface area contributed by atoms with Crippen LogP contribution in [0.1, 0.15) is 30.3 Å². The van der Waals surface area contributed by atoms with Crippen LogP contribution in [0.4, 0.5) is 0 Å². The van der Waals surface area contributed by atoms with Gasteiger partial charge in [0.15, 0.2) is 0 Å². The Morgan fingerprint density at radius 1 is 1.41 bits per heavy atom. The normalized spacial score (nSPS) is 19.2. The fraction of sp³-hybridized carbons (Fsp3) is 0.429. The molecular weight excluding hydrogens is 322 g/mol. The minimum absolute atomic E-state index is 0.156. The molecule has 2 aromatic rings. The van der Waals surface area contributed by atoms with Gasteiger partial charge >= 0.3 is 0 Å². The van der Waals surface area contributed by atoms with Crippen LogP contribution in [-0.4, -0.2) is 31.6 Å². The third kappa shape index (κ3) is 3.70. The number of aromatic nitrogens is 2. The summed E-state index contributed by atoms with van der Waals surface area (Å²) in [5, 5.41) is 1.74. The molecule has 1 aliphatic heterocycles. The molecule has 0 aliphatic carbocycles. The summed E-state index contributed by atoms with van der Waals surface area (Å²) in [5.41, 5.74) is 0.663. The predicted molar refractivity (Wildman–Crippen MR) is 83.2 cm³/mol. The maximum atomic E-state index is 12.1. The van der Waals surface area contributed by atoms with Gasteiger partial charge in [-0.05, 0) is 30.4 Å². The van der Waals surface area contributed by atoms with Crippen LogP contribution in [0, 0.1) is 0 Å². The lowest BCUT2D eigenvalue weighted by Crippen LogP contribution is -2.24. The van der Waals surface area contributed by atoms with Crippen molar-refractivity contribution in [3.05, 3.63) is 41.3 Å². The van der Waals surface area contributed by atoms with E-state index in [9.17, 15) is 8.42 Å². The van der Waals surface area contributed by atoms with Crippen molar-refractivity contribution in [1.82, 2.24) is 14.7 Å². The highest BCUT2D eigenvalue weighted by molar-refractivity contribution is 7.91. The zero-order valence-corrected chi connectivity index (χ0v) is 13.6. The van der Waals surface area contributed by atoms with Crippen LogP contribution in [0.25, 0.3) is 0 Å². The average molecular weight is 339 g/mol. The Morgan fingerprint density at radius 3 is 3.05 bits per heavy atom. The van der Waals surface area contributed by atoms with E-state index in [2.05, 4.69) is 14.7 Å². The predicted octanol–water partition coefficient (Wildman–Crippen LogP) is 1.91. The summed E-state index contributed by atoms with van der Waals surface area (Å²) in [6.45, 7) is 1.57. The smallest absolute Gasteiger partial charge is 0.250 e. The van der Waals surface area contributed by atoms with Gasteiger partial charge in [0.05, 0.1) is 18.8 Å². The minimum Gasteiger partial charge on any atom is -0.381 e. The van der Waals surface area contributed by atoms with Gasteiger partial charge in [-0.3, -0.25) is 0 Å². The van der Waals surface area contributed by atoms with E-state index in [1.54, 1.807) is 29.8 Å². The highest BCUT2D eigenvalue weighted by Crippen LogP contribution is 2.22. The molecule has 118 valence electrons. The molecule has 0 amide bonds. The van der Waals surface area contributed by atoms with Crippen molar-refractivity contribution in [3.63, 3.8) is 0 Å². The summed E-state index contributed by atoms with van der Waals surface area (Å²) >= 11 is 1.19. The lowest BCUT2D eigenvalue weighted by Gasteiger charge is -2.20. The molecule has 8 heteroatoms. The molecule has 3 heterocycles. The Labute approximate surface area is 133 Å². The van der Waals surface area contributed by atoms with Crippen molar-refractivity contribution < 1.29 is 13.2 Å². The Balaban J connectivity index is 1.68. The van der Waals surface area contributed by atoms with Crippen LogP contribution in [0.5, 0.6) is 0 Å². The standard InChI is InChI=1S/C14H17N3O3S2/c18-22(19,13-4-2-8-21-13)16-9-12-5-6-15-14(17-12)11-3-1-7-20-10-11/h2,4-6,8,11,16H,1,3,7,9-10H2/t11-/m0/s1. The largest absolute Gasteiger partial charge is 0.381 e. The number of sulfonamides is 1. The molecule has 1 N–H and O–H groups in total. The summed E-state index contributed by atoms with van der Waals surface area (Å²) in [5.74, 6) is 0.926. The SMILES string of the molecule is O=S(=O)(NCc1ccnc([C@H]2CCCOC2)n1)c1cccs1. The van der Waals surface area contributed by atoms with Crippen molar-refractivity contribution in [2.24, 2.45) is 0 Å². The summed E-state index contributed by atoms with van der Waals surface area (Å²) in [4.78, 5) is 8.76. The number of ether oxygens (including phenoxy) is 1. The van der Waals surface area contributed by atoms with Crippen LogP contribution < -0.4 is 4.72 Å². The third-order valence-corrected chi connectivity index (χ3v) is 6.26. The second-order valence-electron chi connectivity index (χ2n) is 5.08. The summed E-state index contributed by atoms with van der Waals surface area (Å²) in [7, 11) is -3.47. The van der Waals surface area contributed by atoms with Gasteiger partial charge in [-0.15, -0.1) is 11.3 Å².